The summed E-state index contributed by atoms with van der Waals surface area (Å²) in [5.41, 5.74) is 0.279. The molecule has 0 bridgehead atoms. The van der Waals surface area contributed by atoms with Crippen molar-refractivity contribution in [2.75, 3.05) is 11.9 Å². The molecule has 7 heteroatoms. The van der Waals surface area contributed by atoms with Gasteiger partial charge in [0.15, 0.2) is 0 Å². The first-order valence-electron chi connectivity index (χ1n) is 4.83. The van der Waals surface area contributed by atoms with Gasteiger partial charge in [0.25, 0.3) is 9.05 Å². The van der Waals surface area contributed by atoms with Crippen molar-refractivity contribution in [1.82, 2.24) is 0 Å². The molecule has 1 aromatic carbocycles. The minimum atomic E-state index is -3.83. The zero-order valence-corrected chi connectivity index (χ0v) is 10.9. The van der Waals surface area contributed by atoms with Crippen molar-refractivity contribution < 1.29 is 17.9 Å². The normalized spacial score (nSPS) is 11.0. The Morgan fingerprint density at radius 3 is 2.59 bits per heavy atom. The van der Waals surface area contributed by atoms with Crippen LogP contribution in [0, 0.1) is 0 Å². The van der Waals surface area contributed by atoms with E-state index in [1.54, 1.807) is 6.92 Å². The molecule has 0 aliphatic rings. The number of carbonyl (C=O) groups excluding carboxylic acids is 1. The fourth-order valence-corrected chi connectivity index (χ4v) is 2.01. The zero-order chi connectivity index (χ0) is 13.1. The molecule has 17 heavy (non-hydrogen) atoms. The predicted molar refractivity (Wildman–Crippen MR) is 65.0 cm³/mol. The van der Waals surface area contributed by atoms with Crippen LogP contribution in [0.2, 0.25) is 0 Å². The van der Waals surface area contributed by atoms with E-state index in [9.17, 15) is 13.2 Å². The summed E-state index contributed by atoms with van der Waals surface area (Å²) in [5.74, 6) is 0.0711. The Bertz CT molecular complexity index is 527. The third-order valence-corrected chi connectivity index (χ3v) is 3.19. The van der Waals surface area contributed by atoms with Gasteiger partial charge in [-0.3, -0.25) is 4.79 Å². The second-order valence-electron chi connectivity index (χ2n) is 3.21. The van der Waals surface area contributed by atoms with Crippen molar-refractivity contribution in [3.8, 4) is 5.75 Å². The summed E-state index contributed by atoms with van der Waals surface area (Å²) in [5, 5.41) is 2.48. The number of rotatable bonds is 4. The van der Waals surface area contributed by atoms with Crippen molar-refractivity contribution >= 4 is 31.3 Å². The smallest absolute Gasteiger partial charge is 0.261 e. The fraction of sp³-hybridized carbons (Fsp3) is 0.300. The van der Waals surface area contributed by atoms with E-state index in [0.29, 0.717) is 12.4 Å². The van der Waals surface area contributed by atoms with Crippen LogP contribution in [0.3, 0.4) is 0 Å². The molecule has 0 spiro atoms. The minimum Gasteiger partial charge on any atom is -0.492 e. The van der Waals surface area contributed by atoms with E-state index >= 15 is 0 Å². The molecule has 0 aromatic heterocycles. The summed E-state index contributed by atoms with van der Waals surface area (Å²) in [6, 6.07) is 4.03. The molecule has 1 rings (SSSR count). The fourth-order valence-electron chi connectivity index (χ4n) is 1.23. The number of hydrogen-bond acceptors (Lipinski definition) is 4. The second kappa shape index (κ2) is 5.37. The number of carbonyl (C=O) groups is 1. The summed E-state index contributed by atoms with van der Waals surface area (Å²) in [6.45, 7) is 3.50. The van der Waals surface area contributed by atoms with Gasteiger partial charge < -0.3 is 10.1 Å². The van der Waals surface area contributed by atoms with Gasteiger partial charge in [0, 0.05) is 17.6 Å². The van der Waals surface area contributed by atoms with Crippen LogP contribution in [0.4, 0.5) is 5.69 Å². The maximum Gasteiger partial charge on any atom is 0.261 e. The molecule has 0 aliphatic carbocycles. The molecule has 0 saturated carbocycles. The minimum absolute atomic E-state index is 0.0913. The molecular weight excluding hydrogens is 266 g/mol. The Morgan fingerprint density at radius 1 is 1.47 bits per heavy atom. The predicted octanol–water partition coefficient (Wildman–Crippen LogP) is 1.97. The average Bonchev–Trinajstić information content (AvgIpc) is 2.18. The van der Waals surface area contributed by atoms with Gasteiger partial charge in [-0.1, -0.05) is 0 Å². The van der Waals surface area contributed by atoms with Gasteiger partial charge in [-0.05, 0) is 25.1 Å². The van der Waals surface area contributed by atoms with Gasteiger partial charge in [0.2, 0.25) is 5.91 Å². The quantitative estimate of drug-likeness (QED) is 0.854. The van der Waals surface area contributed by atoms with Crippen LogP contribution in [0.15, 0.2) is 23.1 Å². The zero-order valence-electron chi connectivity index (χ0n) is 9.36. The van der Waals surface area contributed by atoms with E-state index in [1.807, 2.05) is 0 Å². The van der Waals surface area contributed by atoms with E-state index in [1.165, 1.54) is 25.1 Å². The standard InChI is InChI=1S/C10H12ClNO4S/c1-3-16-10-5-4-8(17(11,14)15)6-9(10)12-7(2)13/h4-6H,3H2,1-2H3,(H,12,13). The summed E-state index contributed by atoms with van der Waals surface area (Å²) in [4.78, 5) is 10.9. The summed E-state index contributed by atoms with van der Waals surface area (Å²) in [6.07, 6.45) is 0. The molecular formula is C10H12ClNO4S. The van der Waals surface area contributed by atoms with Crippen molar-refractivity contribution in [3.63, 3.8) is 0 Å². The van der Waals surface area contributed by atoms with Gasteiger partial charge in [-0.2, -0.15) is 0 Å². The highest BCUT2D eigenvalue weighted by Gasteiger charge is 2.14. The molecule has 0 aliphatic heterocycles. The maximum atomic E-state index is 11.2. The van der Waals surface area contributed by atoms with Gasteiger partial charge >= 0.3 is 0 Å². The van der Waals surface area contributed by atoms with E-state index in [2.05, 4.69) is 5.32 Å². The number of anilines is 1. The van der Waals surface area contributed by atoms with E-state index in [-0.39, 0.29) is 16.5 Å². The number of halogens is 1. The number of benzene rings is 1. The lowest BCUT2D eigenvalue weighted by Gasteiger charge is -2.11. The first-order chi connectivity index (χ1) is 7.84. The highest BCUT2D eigenvalue weighted by atomic mass is 35.7. The highest BCUT2D eigenvalue weighted by molar-refractivity contribution is 8.13. The lowest BCUT2D eigenvalue weighted by molar-refractivity contribution is -0.114. The van der Waals surface area contributed by atoms with Crippen LogP contribution < -0.4 is 10.1 Å². The summed E-state index contributed by atoms with van der Waals surface area (Å²) >= 11 is 0. The van der Waals surface area contributed by atoms with Crippen LogP contribution in [-0.2, 0) is 13.8 Å². The monoisotopic (exact) mass is 277 g/mol. The summed E-state index contributed by atoms with van der Waals surface area (Å²) in [7, 11) is 1.39. The topological polar surface area (TPSA) is 72.5 Å². The van der Waals surface area contributed by atoms with Crippen molar-refractivity contribution in [2.24, 2.45) is 0 Å². The lowest BCUT2D eigenvalue weighted by Crippen LogP contribution is -2.08. The number of hydrogen-bond donors (Lipinski definition) is 1. The van der Waals surface area contributed by atoms with Gasteiger partial charge in [-0.15, -0.1) is 0 Å². The molecule has 0 heterocycles. The summed E-state index contributed by atoms with van der Waals surface area (Å²) < 4.78 is 27.6. The maximum absolute atomic E-state index is 11.2. The number of nitrogens with one attached hydrogen (secondary N) is 1. The Hall–Kier alpha value is -1.27. The van der Waals surface area contributed by atoms with E-state index in [0.717, 1.165) is 0 Å². The molecule has 1 N–H and O–H groups in total. The van der Waals surface area contributed by atoms with Crippen LogP contribution in [0.25, 0.3) is 0 Å². The number of amides is 1. The molecule has 94 valence electrons. The molecule has 1 amide bonds. The third kappa shape index (κ3) is 3.90. The highest BCUT2D eigenvalue weighted by Crippen LogP contribution is 2.29. The molecule has 5 nitrogen and oxygen atoms in total. The molecule has 0 atom stereocenters. The van der Waals surface area contributed by atoms with Gasteiger partial charge in [-0.25, -0.2) is 8.42 Å². The second-order valence-corrected chi connectivity index (χ2v) is 5.78. The Balaban J connectivity index is 3.23. The molecule has 0 radical (unpaired) electrons. The lowest BCUT2D eigenvalue weighted by atomic mass is 10.3. The Morgan fingerprint density at radius 2 is 2.12 bits per heavy atom. The first-order valence-corrected chi connectivity index (χ1v) is 7.14. The molecule has 1 aromatic rings. The van der Waals surface area contributed by atoms with Crippen molar-refractivity contribution in [2.45, 2.75) is 18.7 Å². The Labute approximate surface area is 104 Å². The van der Waals surface area contributed by atoms with E-state index < -0.39 is 9.05 Å². The number of ether oxygens (including phenoxy) is 1. The van der Waals surface area contributed by atoms with E-state index in [4.69, 9.17) is 15.4 Å². The van der Waals surface area contributed by atoms with Gasteiger partial charge in [0.1, 0.15) is 5.75 Å². The SMILES string of the molecule is CCOc1ccc(S(=O)(=O)Cl)cc1NC(C)=O. The third-order valence-electron chi connectivity index (χ3n) is 1.84. The van der Waals surface area contributed by atoms with Crippen LogP contribution in [0.1, 0.15) is 13.8 Å². The van der Waals surface area contributed by atoms with Crippen LogP contribution >= 0.6 is 10.7 Å². The van der Waals surface area contributed by atoms with Gasteiger partial charge in [0.05, 0.1) is 17.2 Å². The largest absolute Gasteiger partial charge is 0.492 e. The van der Waals surface area contributed by atoms with Crippen LogP contribution in [0.5, 0.6) is 5.75 Å². The van der Waals surface area contributed by atoms with Crippen LogP contribution in [-0.4, -0.2) is 20.9 Å². The first kappa shape index (κ1) is 13.8. The molecule has 0 fully saturated rings. The van der Waals surface area contributed by atoms with Crippen molar-refractivity contribution in [1.29, 1.82) is 0 Å². The average molecular weight is 278 g/mol. The Kier molecular flexibility index (Phi) is 4.36. The molecule has 0 saturated heterocycles. The van der Waals surface area contributed by atoms with Crippen molar-refractivity contribution in [3.05, 3.63) is 18.2 Å². The molecule has 0 unspecified atom stereocenters.